The number of phenolic OH excluding ortho intramolecular Hbond substituents is 1. The number of aliphatic carboxylic acids is 1. The van der Waals surface area contributed by atoms with Crippen LogP contribution in [0.4, 0.5) is 5.69 Å². The van der Waals surface area contributed by atoms with E-state index < -0.39 is 5.97 Å². The van der Waals surface area contributed by atoms with E-state index in [0.717, 1.165) is 11.3 Å². The van der Waals surface area contributed by atoms with Gasteiger partial charge < -0.3 is 15.5 Å². The molecule has 0 radical (unpaired) electrons. The minimum atomic E-state index is -0.910. The molecule has 4 heteroatoms. The molecule has 0 amide bonds. The lowest BCUT2D eigenvalue weighted by atomic mass is 10.2. The van der Waals surface area contributed by atoms with E-state index in [1.807, 2.05) is 0 Å². The molecule has 0 heterocycles. The van der Waals surface area contributed by atoms with Crippen LogP contribution in [0, 0.1) is 6.92 Å². The number of rotatable bonds is 3. The molecule has 4 nitrogen and oxygen atoms in total. The Balaban J connectivity index is 2.72. The summed E-state index contributed by atoms with van der Waals surface area (Å²) in [5, 5.41) is 20.2. The highest BCUT2D eigenvalue weighted by molar-refractivity contribution is 5.73. The van der Waals surface area contributed by atoms with Gasteiger partial charge in [-0.3, -0.25) is 4.79 Å². The summed E-state index contributed by atoms with van der Waals surface area (Å²) in [6, 6.07) is 4.73. The number of hydrogen-bond donors (Lipinski definition) is 3. The Hall–Kier alpha value is -1.71. The zero-order valence-corrected chi connectivity index (χ0v) is 7.24. The van der Waals surface area contributed by atoms with E-state index in [1.54, 1.807) is 19.1 Å². The van der Waals surface area contributed by atoms with Crippen molar-refractivity contribution in [3.8, 4) is 5.75 Å². The molecule has 70 valence electrons. The maximum Gasteiger partial charge on any atom is 0.322 e. The molecule has 1 aromatic rings. The number of aryl methyl sites for hydroxylation is 1. The molecule has 0 aliphatic carbocycles. The number of aromatic hydroxyl groups is 1. The van der Waals surface area contributed by atoms with Crippen LogP contribution in [0.5, 0.6) is 5.75 Å². The van der Waals surface area contributed by atoms with Crippen LogP contribution in [-0.2, 0) is 4.79 Å². The van der Waals surface area contributed by atoms with Crippen LogP contribution in [0.15, 0.2) is 18.2 Å². The van der Waals surface area contributed by atoms with Gasteiger partial charge in [-0.25, -0.2) is 0 Å². The second-order valence-corrected chi connectivity index (χ2v) is 2.75. The number of hydrogen-bond acceptors (Lipinski definition) is 3. The Morgan fingerprint density at radius 1 is 1.54 bits per heavy atom. The zero-order chi connectivity index (χ0) is 9.84. The van der Waals surface area contributed by atoms with E-state index in [4.69, 9.17) is 10.2 Å². The fraction of sp³-hybridized carbons (Fsp3) is 0.222. The van der Waals surface area contributed by atoms with E-state index in [1.165, 1.54) is 6.07 Å². The van der Waals surface area contributed by atoms with Crippen molar-refractivity contribution < 1.29 is 15.0 Å². The molecule has 0 spiro atoms. The highest BCUT2D eigenvalue weighted by Gasteiger charge is 2.00. The first-order valence-electron chi connectivity index (χ1n) is 3.85. The summed E-state index contributed by atoms with van der Waals surface area (Å²) >= 11 is 0. The fourth-order valence-electron chi connectivity index (χ4n) is 1.02. The second-order valence-electron chi connectivity index (χ2n) is 2.75. The van der Waals surface area contributed by atoms with E-state index in [9.17, 15) is 4.79 Å². The molecular formula is C9H11NO3. The van der Waals surface area contributed by atoms with Gasteiger partial charge in [-0.1, -0.05) is 0 Å². The van der Waals surface area contributed by atoms with Gasteiger partial charge in [-0.05, 0) is 30.7 Å². The lowest BCUT2D eigenvalue weighted by molar-refractivity contribution is -0.134. The Morgan fingerprint density at radius 2 is 2.23 bits per heavy atom. The average molecular weight is 181 g/mol. The third-order valence-electron chi connectivity index (χ3n) is 1.64. The molecule has 0 fully saturated rings. The van der Waals surface area contributed by atoms with Gasteiger partial charge in [-0.2, -0.15) is 0 Å². The standard InChI is InChI=1S/C9H11NO3/c1-6-4-7(11)2-3-8(6)10-5-9(12)13/h2-4,10-11H,5H2,1H3,(H,12,13). The molecular weight excluding hydrogens is 170 g/mol. The summed E-state index contributed by atoms with van der Waals surface area (Å²) in [6.07, 6.45) is 0. The predicted molar refractivity (Wildman–Crippen MR) is 49.0 cm³/mol. The predicted octanol–water partition coefficient (Wildman–Crippen LogP) is 1.20. The van der Waals surface area contributed by atoms with E-state index in [2.05, 4.69) is 5.32 Å². The molecule has 0 atom stereocenters. The van der Waals surface area contributed by atoms with Crippen molar-refractivity contribution in [2.24, 2.45) is 0 Å². The third-order valence-corrected chi connectivity index (χ3v) is 1.64. The summed E-state index contributed by atoms with van der Waals surface area (Å²) in [7, 11) is 0. The van der Waals surface area contributed by atoms with Crippen LogP contribution in [0.25, 0.3) is 0 Å². The van der Waals surface area contributed by atoms with Crippen LogP contribution in [0.3, 0.4) is 0 Å². The third kappa shape index (κ3) is 2.66. The van der Waals surface area contributed by atoms with Crippen LogP contribution >= 0.6 is 0 Å². The van der Waals surface area contributed by atoms with E-state index >= 15 is 0 Å². The first-order chi connectivity index (χ1) is 6.09. The lowest BCUT2D eigenvalue weighted by Gasteiger charge is -2.06. The monoisotopic (exact) mass is 181 g/mol. The highest BCUT2D eigenvalue weighted by Crippen LogP contribution is 2.19. The van der Waals surface area contributed by atoms with Gasteiger partial charge in [0.05, 0.1) is 0 Å². The van der Waals surface area contributed by atoms with Gasteiger partial charge in [0.1, 0.15) is 12.3 Å². The topological polar surface area (TPSA) is 69.6 Å². The molecule has 0 unspecified atom stereocenters. The van der Waals surface area contributed by atoms with Gasteiger partial charge in [-0.15, -0.1) is 0 Å². The SMILES string of the molecule is Cc1cc(O)ccc1NCC(=O)O. The Morgan fingerprint density at radius 3 is 2.77 bits per heavy atom. The maximum atomic E-state index is 10.2. The van der Waals surface area contributed by atoms with Crippen LogP contribution in [0.2, 0.25) is 0 Å². The summed E-state index contributed by atoms with van der Waals surface area (Å²) < 4.78 is 0. The van der Waals surface area contributed by atoms with Crippen LogP contribution < -0.4 is 5.32 Å². The first-order valence-corrected chi connectivity index (χ1v) is 3.85. The average Bonchev–Trinajstić information content (AvgIpc) is 2.02. The Labute approximate surface area is 75.8 Å². The number of carbonyl (C=O) groups is 1. The summed E-state index contributed by atoms with van der Waals surface area (Å²) in [4.78, 5) is 10.2. The molecule has 3 N–H and O–H groups in total. The van der Waals surface area contributed by atoms with Crippen molar-refractivity contribution in [1.82, 2.24) is 0 Å². The number of anilines is 1. The van der Waals surface area contributed by atoms with Crippen molar-refractivity contribution in [2.45, 2.75) is 6.92 Å². The molecule has 0 aliphatic rings. The quantitative estimate of drug-likeness (QED) is 0.613. The van der Waals surface area contributed by atoms with Crippen LogP contribution in [-0.4, -0.2) is 22.7 Å². The van der Waals surface area contributed by atoms with Gasteiger partial charge in [0.25, 0.3) is 0 Å². The molecule has 0 aliphatic heterocycles. The second kappa shape index (κ2) is 3.80. The molecule has 0 aromatic heterocycles. The van der Waals surface area contributed by atoms with Gasteiger partial charge in [0, 0.05) is 5.69 Å². The molecule has 1 rings (SSSR count). The smallest absolute Gasteiger partial charge is 0.322 e. The number of nitrogens with one attached hydrogen (secondary N) is 1. The number of carboxylic acids is 1. The van der Waals surface area contributed by atoms with Crippen molar-refractivity contribution in [1.29, 1.82) is 0 Å². The minimum Gasteiger partial charge on any atom is -0.508 e. The summed E-state index contributed by atoms with van der Waals surface area (Å²) in [5.74, 6) is -0.731. The molecule has 0 saturated heterocycles. The zero-order valence-electron chi connectivity index (χ0n) is 7.24. The molecule has 13 heavy (non-hydrogen) atoms. The maximum absolute atomic E-state index is 10.2. The molecule has 0 saturated carbocycles. The number of benzene rings is 1. The largest absolute Gasteiger partial charge is 0.508 e. The lowest BCUT2D eigenvalue weighted by Crippen LogP contribution is -2.12. The normalized spacial score (nSPS) is 9.62. The van der Waals surface area contributed by atoms with Gasteiger partial charge in [0.2, 0.25) is 0 Å². The highest BCUT2D eigenvalue weighted by atomic mass is 16.4. The minimum absolute atomic E-state index is 0.119. The van der Waals surface area contributed by atoms with Crippen molar-refractivity contribution in [2.75, 3.05) is 11.9 Å². The van der Waals surface area contributed by atoms with E-state index in [0.29, 0.717) is 0 Å². The fourth-order valence-corrected chi connectivity index (χ4v) is 1.02. The summed E-state index contributed by atoms with van der Waals surface area (Å²) in [5.41, 5.74) is 1.54. The summed E-state index contributed by atoms with van der Waals surface area (Å²) in [6.45, 7) is 1.68. The Bertz CT molecular complexity index is 323. The van der Waals surface area contributed by atoms with Crippen molar-refractivity contribution in [3.05, 3.63) is 23.8 Å². The first kappa shape index (κ1) is 9.38. The Kier molecular flexibility index (Phi) is 2.74. The number of phenols is 1. The van der Waals surface area contributed by atoms with Crippen molar-refractivity contribution in [3.63, 3.8) is 0 Å². The van der Waals surface area contributed by atoms with Gasteiger partial charge >= 0.3 is 5.97 Å². The molecule has 1 aromatic carbocycles. The van der Waals surface area contributed by atoms with Crippen LogP contribution in [0.1, 0.15) is 5.56 Å². The van der Waals surface area contributed by atoms with E-state index in [-0.39, 0.29) is 12.3 Å². The number of carboxylic acid groups (broad SMARTS) is 1. The van der Waals surface area contributed by atoms with Gasteiger partial charge in [0.15, 0.2) is 0 Å². The van der Waals surface area contributed by atoms with Crippen molar-refractivity contribution >= 4 is 11.7 Å². The molecule has 0 bridgehead atoms.